The first-order valence-corrected chi connectivity index (χ1v) is 8.36. The van der Waals surface area contributed by atoms with Crippen molar-refractivity contribution in [2.45, 2.75) is 30.5 Å². The van der Waals surface area contributed by atoms with Gasteiger partial charge in [-0.2, -0.15) is 0 Å². The number of rotatable bonds is 2. The average molecular weight is 315 g/mol. The van der Waals surface area contributed by atoms with E-state index in [2.05, 4.69) is 58.4 Å². The van der Waals surface area contributed by atoms with Crippen molar-refractivity contribution in [3.8, 4) is 0 Å². The van der Waals surface area contributed by atoms with Crippen LogP contribution in [0.2, 0.25) is 0 Å². The van der Waals surface area contributed by atoms with Gasteiger partial charge in [0.05, 0.1) is 0 Å². The molecule has 0 saturated heterocycles. The molecule has 2 saturated carbocycles. The van der Waals surface area contributed by atoms with Gasteiger partial charge in [-0.05, 0) is 53.4 Å². The van der Waals surface area contributed by atoms with Crippen LogP contribution in [0.3, 0.4) is 0 Å². The van der Waals surface area contributed by atoms with E-state index in [1.807, 2.05) is 0 Å². The van der Waals surface area contributed by atoms with Crippen LogP contribution in [0, 0.1) is 17.8 Å². The quantitative estimate of drug-likeness (QED) is 0.622. The number of hydrogen-bond donors (Lipinski definition) is 0. The van der Waals surface area contributed by atoms with Gasteiger partial charge in [0.2, 0.25) is 0 Å². The van der Waals surface area contributed by atoms with Crippen molar-refractivity contribution in [3.63, 3.8) is 0 Å². The van der Waals surface area contributed by atoms with Gasteiger partial charge >= 0.3 is 0 Å². The van der Waals surface area contributed by atoms with E-state index < -0.39 is 0 Å². The first-order valence-electron chi connectivity index (χ1n) is 7.44. The van der Waals surface area contributed by atoms with Crippen molar-refractivity contribution in [2.24, 2.45) is 17.8 Å². The lowest BCUT2D eigenvalue weighted by atomic mass is 9.83. The molecular formula is C18H19Br. The van der Waals surface area contributed by atoms with Crippen LogP contribution in [0.5, 0.6) is 0 Å². The van der Waals surface area contributed by atoms with Crippen molar-refractivity contribution >= 4 is 26.7 Å². The van der Waals surface area contributed by atoms with Crippen molar-refractivity contribution in [2.75, 3.05) is 0 Å². The van der Waals surface area contributed by atoms with E-state index in [1.165, 1.54) is 42.0 Å². The van der Waals surface area contributed by atoms with Gasteiger partial charge < -0.3 is 0 Å². The zero-order chi connectivity index (χ0) is 12.8. The third-order valence-corrected chi connectivity index (χ3v) is 6.46. The van der Waals surface area contributed by atoms with E-state index in [1.54, 1.807) is 0 Å². The molecule has 2 aromatic carbocycles. The van der Waals surface area contributed by atoms with Crippen LogP contribution in [-0.4, -0.2) is 0 Å². The van der Waals surface area contributed by atoms with E-state index in [4.69, 9.17) is 0 Å². The summed E-state index contributed by atoms with van der Waals surface area (Å²) < 4.78 is 0. The third kappa shape index (κ3) is 1.94. The fraction of sp³-hybridized carbons (Fsp3) is 0.444. The Morgan fingerprint density at radius 1 is 0.947 bits per heavy atom. The molecule has 2 bridgehead atoms. The van der Waals surface area contributed by atoms with Crippen molar-refractivity contribution in [1.82, 2.24) is 0 Å². The summed E-state index contributed by atoms with van der Waals surface area (Å²) in [6.07, 6.45) is 5.86. The van der Waals surface area contributed by atoms with Crippen LogP contribution in [0.1, 0.15) is 36.1 Å². The lowest BCUT2D eigenvalue weighted by Crippen LogP contribution is -2.15. The maximum Gasteiger partial charge on any atom is 0.0432 e. The minimum Gasteiger partial charge on any atom is -0.0835 e. The van der Waals surface area contributed by atoms with E-state index in [0.717, 1.165) is 17.8 Å². The Kier molecular flexibility index (Phi) is 2.91. The largest absolute Gasteiger partial charge is 0.0835 e. The Labute approximate surface area is 123 Å². The van der Waals surface area contributed by atoms with Crippen LogP contribution in [0.15, 0.2) is 42.5 Å². The highest BCUT2D eigenvalue weighted by Crippen LogP contribution is 2.55. The lowest BCUT2D eigenvalue weighted by Gasteiger charge is -2.27. The molecule has 2 fully saturated rings. The molecular weight excluding hydrogens is 296 g/mol. The van der Waals surface area contributed by atoms with Crippen molar-refractivity contribution in [3.05, 3.63) is 48.0 Å². The van der Waals surface area contributed by atoms with Crippen LogP contribution >= 0.6 is 15.9 Å². The summed E-state index contributed by atoms with van der Waals surface area (Å²) >= 11 is 4.04. The fourth-order valence-corrected chi connectivity index (χ4v) is 5.42. The molecule has 0 aromatic heterocycles. The molecule has 2 aliphatic carbocycles. The number of fused-ring (bicyclic) bond motifs is 3. The normalized spacial score (nSPS) is 30.9. The topological polar surface area (TPSA) is 0 Å². The minimum atomic E-state index is 0.536. The molecule has 0 radical (unpaired) electrons. The molecule has 19 heavy (non-hydrogen) atoms. The van der Waals surface area contributed by atoms with E-state index in [0.29, 0.717) is 4.83 Å². The number of hydrogen-bond acceptors (Lipinski definition) is 0. The highest BCUT2D eigenvalue weighted by Gasteiger charge is 2.42. The predicted molar refractivity (Wildman–Crippen MR) is 84.6 cm³/mol. The second-order valence-corrected chi connectivity index (χ2v) is 7.30. The first-order chi connectivity index (χ1) is 9.33. The Hall–Kier alpha value is -0.820. The van der Waals surface area contributed by atoms with Gasteiger partial charge in [0, 0.05) is 4.83 Å². The molecule has 0 spiro atoms. The zero-order valence-corrected chi connectivity index (χ0v) is 12.6. The summed E-state index contributed by atoms with van der Waals surface area (Å²) in [6, 6.07) is 15.5. The average Bonchev–Trinajstić information content (AvgIpc) is 3.08. The van der Waals surface area contributed by atoms with Crippen LogP contribution < -0.4 is 0 Å². The standard InChI is InChI=1S/C18H19Br/c19-18(17-11-12-8-9-14(17)10-12)16-7-3-5-13-4-1-2-6-15(13)16/h1-7,12,14,17-18H,8-11H2. The summed E-state index contributed by atoms with van der Waals surface area (Å²) in [6.45, 7) is 0. The van der Waals surface area contributed by atoms with Gasteiger partial charge in [-0.15, -0.1) is 0 Å². The molecule has 0 heterocycles. The maximum atomic E-state index is 4.04. The monoisotopic (exact) mass is 314 g/mol. The second-order valence-electron chi connectivity index (χ2n) is 6.31. The lowest BCUT2D eigenvalue weighted by molar-refractivity contribution is 0.330. The van der Waals surface area contributed by atoms with Crippen molar-refractivity contribution in [1.29, 1.82) is 0 Å². The Balaban J connectivity index is 1.74. The maximum absolute atomic E-state index is 4.04. The Bertz CT molecular complexity index is 598. The molecule has 4 unspecified atom stereocenters. The van der Waals surface area contributed by atoms with Gasteiger partial charge in [-0.3, -0.25) is 0 Å². The minimum absolute atomic E-state index is 0.536. The van der Waals surface area contributed by atoms with E-state index in [9.17, 15) is 0 Å². The highest BCUT2D eigenvalue weighted by molar-refractivity contribution is 9.09. The molecule has 4 atom stereocenters. The summed E-state index contributed by atoms with van der Waals surface area (Å²) in [5, 5.41) is 2.79. The number of benzene rings is 2. The molecule has 1 heteroatoms. The molecule has 0 N–H and O–H groups in total. The zero-order valence-electron chi connectivity index (χ0n) is 11.1. The van der Waals surface area contributed by atoms with Crippen LogP contribution in [0.25, 0.3) is 10.8 Å². The fourth-order valence-electron chi connectivity index (χ4n) is 4.37. The summed E-state index contributed by atoms with van der Waals surface area (Å²) in [5.41, 5.74) is 1.50. The molecule has 0 nitrogen and oxygen atoms in total. The third-order valence-electron chi connectivity index (χ3n) is 5.29. The van der Waals surface area contributed by atoms with E-state index in [-0.39, 0.29) is 0 Å². The van der Waals surface area contributed by atoms with Crippen molar-refractivity contribution < 1.29 is 0 Å². The summed E-state index contributed by atoms with van der Waals surface area (Å²) in [5.74, 6) is 2.84. The number of halogens is 1. The predicted octanol–water partition coefficient (Wildman–Crippen LogP) is 5.71. The number of alkyl halides is 1. The molecule has 4 rings (SSSR count). The summed E-state index contributed by atoms with van der Waals surface area (Å²) in [4.78, 5) is 0.536. The molecule has 2 aromatic rings. The Morgan fingerprint density at radius 3 is 2.58 bits per heavy atom. The molecule has 0 amide bonds. The van der Waals surface area contributed by atoms with Crippen LogP contribution in [-0.2, 0) is 0 Å². The SMILES string of the molecule is BrC(c1cccc2ccccc12)C1CC2CCC1C2. The molecule has 0 aliphatic heterocycles. The Morgan fingerprint density at radius 2 is 1.79 bits per heavy atom. The molecule has 2 aliphatic rings. The van der Waals surface area contributed by atoms with Gasteiger partial charge in [0.1, 0.15) is 0 Å². The van der Waals surface area contributed by atoms with Gasteiger partial charge in [-0.25, -0.2) is 0 Å². The van der Waals surface area contributed by atoms with Gasteiger partial charge in [0.25, 0.3) is 0 Å². The van der Waals surface area contributed by atoms with Crippen LogP contribution in [0.4, 0.5) is 0 Å². The van der Waals surface area contributed by atoms with Gasteiger partial charge in [0.15, 0.2) is 0 Å². The summed E-state index contributed by atoms with van der Waals surface area (Å²) in [7, 11) is 0. The van der Waals surface area contributed by atoms with E-state index >= 15 is 0 Å². The smallest absolute Gasteiger partial charge is 0.0432 e. The molecule has 98 valence electrons. The van der Waals surface area contributed by atoms with Gasteiger partial charge in [-0.1, -0.05) is 64.8 Å². The second kappa shape index (κ2) is 4.63. The first kappa shape index (κ1) is 12.0. The highest BCUT2D eigenvalue weighted by atomic mass is 79.9.